The number of benzene rings is 1. The van der Waals surface area contributed by atoms with Gasteiger partial charge in [-0.15, -0.1) is 11.6 Å². The van der Waals surface area contributed by atoms with Crippen LogP contribution in [0.2, 0.25) is 0 Å². The summed E-state index contributed by atoms with van der Waals surface area (Å²) in [6.07, 6.45) is 0. The quantitative estimate of drug-likeness (QED) is 0.777. The molecule has 0 heterocycles. The highest BCUT2D eigenvalue weighted by Crippen LogP contribution is 2.29. The largest absolute Gasteiger partial charge is 0.495 e. The molecule has 3 heteroatoms. The van der Waals surface area contributed by atoms with Crippen LogP contribution in [0.4, 0.5) is 5.69 Å². The molecule has 0 radical (unpaired) electrons. The van der Waals surface area contributed by atoms with Crippen molar-refractivity contribution in [2.45, 2.75) is 13.8 Å². The first-order valence-corrected chi connectivity index (χ1v) is 5.17. The number of ether oxygens (including phenoxy) is 1. The van der Waals surface area contributed by atoms with Gasteiger partial charge in [-0.25, -0.2) is 0 Å². The SMILES string of the molecule is COc1cc(C)cc(C)c1NCCCl. The molecule has 0 fully saturated rings. The third-order valence-electron chi connectivity index (χ3n) is 2.06. The van der Waals surface area contributed by atoms with E-state index >= 15 is 0 Å². The van der Waals surface area contributed by atoms with Crippen molar-refractivity contribution in [3.63, 3.8) is 0 Å². The van der Waals surface area contributed by atoms with Gasteiger partial charge in [0, 0.05) is 12.4 Å². The summed E-state index contributed by atoms with van der Waals surface area (Å²) in [4.78, 5) is 0. The van der Waals surface area contributed by atoms with Crippen molar-refractivity contribution in [2.24, 2.45) is 0 Å². The minimum atomic E-state index is 0.594. The topological polar surface area (TPSA) is 21.3 Å². The number of methoxy groups -OCH3 is 1. The average molecular weight is 214 g/mol. The fraction of sp³-hybridized carbons (Fsp3) is 0.455. The monoisotopic (exact) mass is 213 g/mol. The zero-order valence-corrected chi connectivity index (χ0v) is 9.61. The molecule has 0 aliphatic carbocycles. The van der Waals surface area contributed by atoms with Crippen molar-refractivity contribution in [3.8, 4) is 5.75 Å². The molecule has 1 aromatic carbocycles. The lowest BCUT2D eigenvalue weighted by Gasteiger charge is -2.14. The Morgan fingerprint density at radius 1 is 1.36 bits per heavy atom. The number of nitrogens with one attached hydrogen (secondary N) is 1. The summed E-state index contributed by atoms with van der Waals surface area (Å²) >= 11 is 5.63. The van der Waals surface area contributed by atoms with Gasteiger partial charge in [0.25, 0.3) is 0 Å². The van der Waals surface area contributed by atoms with Crippen molar-refractivity contribution in [1.82, 2.24) is 0 Å². The standard InChI is InChI=1S/C11H16ClNO/c1-8-6-9(2)11(13-5-4-12)10(7-8)14-3/h6-7,13H,4-5H2,1-3H3. The van der Waals surface area contributed by atoms with Crippen LogP contribution in [0.15, 0.2) is 12.1 Å². The highest BCUT2D eigenvalue weighted by molar-refractivity contribution is 6.18. The zero-order valence-electron chi connectivity index (χ0n) is 8.86. The number of anilines is 1. The summed E-state index contributed by atoms with van der Waals surface area (Å²) in [5.74, 6) is 1.48. The van der Waals surface area contributed by atoms with E-state index in [0.29, 0.717) is 5.88 Å². The van der Waals surface area contributed by atoms with Crippen LogP contribution in [0, 0.1) is 13.8 Å². The van der Waals surface area contributed by atoms with Gasteiger partial charge in [-0.1, -0.05) is 6.07 Å². The number of alkyl halides is 1. The Kier molecular flexibility index (Phi) is 4.08. The van der Waals surface area contributed by atoms with Gasteiger partial charge in [0.05, 0.1) is 12.8 Å². The molecule has 0 spiro atoms. The maximum atomic E-state index is 5.63. The molecule has 0 atom stereocenters. The zero-order chi connectivity index (χ0) is 10.6. The molecule has 78 valence electrons. The minimum Gasteiger partial charge on any atom is -0.495 e. The van der Waals surface area contributed by atoms with E-state index in [1.807, 2.05) is 6.07 Å². The molecule has 0 aromatic heterocycles. The highest BCUT2D eigenvalue weighted by Gasteiger charge is 2.06. The van der Waals surface area contributed by atoms with E-state index in [-0.39, 0.29) is 0 Å². The Morgan fingerprint density at radius 3 is 2.64 bits per heavy atom. The van der Waals surface area contributed by atoms with Gasteiger partial charge in [0.2, 0.25) is 0 Å². The number of hydrogen-bond acceptors (Lipinski definition) is 2. The Balaban J connectivity index is 2.99. The van der Waals surface area contributed by atoms with Crippen LogP contribution in [-0.4, -0.2) is 19.5 Å². The first-order valence-electron chi connectivity index (χ1n) is 4.64. The van der Waals surface area contributed by atoms with E-state index in [4.69, 9.17) is 16.3 Å². The van der Waals surface area contributed by atoms with Crippen molar-refractivity contribution in [1.29, 1.82) is 0 Å². The van der Waals surface area contributed by atoms with E-state index in [1.165, 1.54) is 11.1 Å². The number of aryl methyl sites for hydroxylation is 2. The first kappa shape index (κ1) is 11.2. The lowest BCUT2D eigenvalue weighted by Crippen LogP contribution is -2.06. The van der Waals surface area contributed by atoms with E-state index in [0.717, 1.165) is 18.0 Å². The lowest BCUT2D eigenvalue weighted by atomic mass is 10.1. The second-order valence-electron chi connectivity index (χ2n) is 3.27. The van der Waals surface area contributed by atoms with E-state index in [1.54, 1.807) is 7.11 Å². The van der Waals surface area contributed by atoms with Crippen LogP contribution in [0.25, 0.3) is 0 Å². The third-order valence-corrected chi connectivity index (χ3v) is 2.25. The highest BCUT2D eigenvalue weighted by atomic mass is 35.5. The normalized spacial score (nSPS) is 10.0. The van der Waals surface area contributed by atoms with Gasteiger partial charge < -0.3 is 10.1 Å². The fourth-order valence-corrected chi connectivity index (χ4v) is 1.58. The summed E-state index contributed by atoms with van der Waals surface area (Å²) in [5, 5.41) is 3.25. The van der Waals surface area contributed by atoms with E-state index in [2.05, 4.69) is 25.2 Å². The molecule has 1 rings (SSSR count). The maximum Gasteiger partial charge on any atom is 0.142 e. The van der Waals surface area contributed by atoms with Crippen LogP contribution in [-0.2, 0) is 0 Å². The molecule has 0 bridgehead atoms. The molecule has 0 unspecified atom stereocenters. The van der Waals surface area contributed by atoms with Gasteiger partial charge in [0.1, 0.15) is 5.75 Å². The van der Waals surface area contributed by atoms with Crippen LogP contribution < -0.4 is 10.1 Å². The second-order valence-corrected chi connectivity index (χ2v) is 3.65. The van der Waals surface area contributed by atoms with Crippen LogP contribution in [0.3, 0.4) is 0 Å². The molecular weight excluding hydrogens is 198 g/mol. The molecule has 0 amide bonds. The van der Waals surface area contributed by atoms with Crippen molar-refractivity contribution >= 4 is 17.3 Å². The van der Waals surface area contributed by atoms with Gasteiger partial charge >= 0.3 is 0 Å². The Bertz CT molecular complexity index is 312. The van der Waals surface area contributed by atoms with E-state index < -0.39 is 0 Å². The summed E-state index contributed by atoms with van der Waals surface area (Å²) < 4.78 is 5.30. The average Bonchev–Trinajstić information content (AvgIpc) is 2.15. The lowest BCUT2D eigenvalue weighted by molar-refractivity contribution is 0.416. The number of halogens is 1. The Morgan fingerprint density at radius 2 is 2.07 bits per heavy atom. The first-order chi connectivity index (χ1) is 6.69. The Hall–Kier alpha value is -0.890. The minimum absolute atomic E-state index is 0.594. The molecule has 0 aliphatic rings. The van der Waals surface area contributed by atoms with Crippen LogP contribution in [0.5, 0.6) is 5.75 Å². The Labute approximate surface area is 90.2 Å². The predicted molar refractivity (Wildman–Crippen MR) is 61.7 cm³/mol. The summed E-state index contributed by atoms with van der Waals surface area (Å²) in [7, 11) is 1.68. The fourth-order valence-electron chi connectivity index (χ4n) is 1.49. The van der Waals surface area contributed by atoms with Gasteiger partial charge in [-0.3, -0.25) is 0 Å². The van der Waals surface area contributed by atoms with Gasteiger partial charge in [-0.05, 0) is 31.0 Å². The van der Waals surface area contributed by atoms with Crippen molar-refractivity contribution < 1.29 is 4.74 Å². The smallest absolute Gasteiger partial charge is 0.142 e. The molecule has 0 aliphatic heterocycles. The van der Waals surface area contributed by atoms with Crippen LogP contribution in [0.1, 0.15) is 11.1 Å². The molecule has 0 saturated heterocycles. The predicted octanol–water partition coefficient (Wildman–Crippen LogP) is 2.96. The molecule has 1 aromatic rings. The van der Waals surface area contributed by atoms with Crippen molar-refractivity contribution in [2.75, 3.05) is 24.9 Å². The number of rotatable bonds is 4. The van der Waals surface area contributed by atoms with Gasteiger partial charge in [-0.2, -0.15) is 0 Å². The number of hydrogen-bond donors (Lipinski definition) is 1. The van der Waals surface area contributed by atoms with Gasteiger partial charge in [0.15, 0.2) is 0 Å². The summed E-state index contributed by atoms with van der Waals surface area (Å²) in [6, 6.07) is 4.14. The van der Waals surface area contributed by atoms with E-state index in [9.17, 15) is 0 Å². The third kappa shape index (κ3) is 2.55. The molecule has 14 heavy (non-hydrogen) atoms. The van der Waals surface area contributed by atoms with Crippen molar-refractivity contribution in [3.05, 3.63) is 23.3 Å². The van der Waals surface area contributed by atoms with Crippen LogP contribution >= 0.6 is 11.6 Å². The molecule has 0 saturated carbocycles. The second kappa shape index (κ2) is 5.11. The molecule has 2 nitrogen and oxygen atoms in total. The summed E-state index contributed by atoms with van der Waals surface area (Å²) in [5.41, 5.74) is 3.43. The maximum absolute atomic E-state index is 5.63. The summed E-state index contributed by atoms with van der Waals surface area (Å²) in [6.45, 7) is 4.87. The molecule has 1 N–H and O–H groups in total. The molecular formula is C11H16ClNO.